The van der Waals surface area contributed by atoms with Crippen molar-refractivity contribution in [3.8, 4) is 0 Å². The first kappa shape index (κ1) is 20.1. The quantitative estimate of drug-likeness (QED) is 0.186. The molecule has 8 heteroatoms. The van der Waals surface area contributed by atoms with E-state index >= 15 is 0 Å². The molecule has 0 unspecified atom stereocenters. The Bertz CT molecular complexity index is 508. The van der Waals surface area contributed by atoms with Crippen LogP contribution in [0.4, 0.5) is 11.4 Å². The van der Waals surface area contributed by atoms with E-state index in [1.165, 1.54) is 24.3 Å². The van der Waals surface area contributed by atoms with Crippen molar-refractivity contribution in [2.75, 3.05) is 43.5 Å². The molecular formula is C16H27N5O2S. The number of rotatable bonds is 11. The molecule has 1 aromatic rings. The van der Waals surface area contributed by atoms with Crippen LogP contribution in [-0.4, -0.2) is 49.1 Å². The number of anilines is 1. The molecule has 7 nitrogen and oxygen atoms in total. The zero-order valence-electron chi connectivity index (χ0n) is 14.4. The fraction of sp³-hybridized carbons (Fsp3) is 0.562. The summed E-state index contributed by atoms with van der Waals surface area (Å²) in [6.45, 7) is 5.11. The maximum Gasteiger partial charge on any atom is 0.269 e. The van der Waals surface area contributed by atoms with Gasteiger partial charge in [-0.05, 0) is 43.9 Å². The van der Waals surface area contributed by atoms with Crippen molar-refractivity contribution in [2.45, 2.75) is 19.8 Å². The molecule has 0 atom stereocenters. The number of thioether (sulfide) groups is 1. The lowest BCUT2D eigenvalue weighted by atomic mass is 10.3. The smallest absolute Gasteiger partial charge is 0.269 e. The summed E-state index contributed by atoms with van der Waals surface area (Å²) in [7, 11) is 0. The van der Waals surface area contributed by atoms with Crippen molar-refractivity contribution in [3.05, 3.63) is 34.4 Å². The van der Waals surface area contributed by atoms with Crippen LogP contribution in [0.3, 0.4) is 0 Å². The third kappa shape index (κ3) is 8.61. The molecule has 0 aliphatic carbocycles. The molecule has 0 aliphatic rings. The second-order valence-corrected chi connectivity index (χ2v) is 6.10. The third-order valence-corrected chi connectivity index (χ3v) is 3.89. The summed E-state index contributed by atoms with van der Waals surface area (Å²) in [4.78, 5) is 14.8. The summed E-state index contributed by atoms with van der Waals surface area (Å²) in [5, 5.41) is 20.3. The van der Waals surface area contributed by atoms with Gasteiger partial charge in [-0.3, -0.25) is 15.1 Å². The molecule has 0 radical (unpaired) electrons. The third-order valence-electron chi connectivity index (χ3n) is 3.20. The summed E-state index contributed by atoms with van der Waals surface area (Å²) in [6, 6.07) is 6.41. The van der Waals surface area contributed by atoms with Crippen LogP contribution in [0.2, 0.25) is 0 Å². The van der Waals surface area contributed by atoms with Crippen LogP contribution in [0.25, 0.3) is 0 Å². The molecule has 0 bridgehead atoms. The van der Waals surface area contributed by atoms with Crippen molar-refractivity contribution in [2.24, 2.45) is 4.99 Å². The predicted octanol–water partition coefficient (Wildman–Crippen LogP) is 2.71. The lowest BCUT2D eigenvalue weighted by Gasteiger charge is -2.12. The number of hydrogen-bond acceptors (Lipinski definition) is 5. The largest absolute Gasteiger partial charge is 0.383 e. The number of aliphatic imine (C=N–C) groups is 1. The first-order chi connectivity index (χ1) is 11.7. The molecule has 0 aliphatic heterocycles. The van der Waals surface area contributed by atoms with Gasteiger partial charge in [-0.25, -0.2) is 0 Å². The monoisotopic (exact) mass is 353 g/mol. The van der Waals surface area contributed by atoms with E-state index in [9.17, 15) is 10.1 Å². The predicted molar refractivity (Wildman–Crippen MR) is 103 cm³/mol. The van der Waals surface area contributed by atoms with Gasteiger partial charge in [0.05, 0.1) is 4.92 Å². The number of guanidine groups is 1. The summed E-state index contributed by atoms with van der Waals surface area (Å²) in [6.07, 6.45) is 4.40. The van der Waals surface area contributed by atoms with Gasteiger partial charge in [-0.1, -0.05) is 0 Å². The van der Waals surface area contributed by atoms with Crippen molar-refractivity contribution >= 4 is 29.1 Å². The number of non-ortho nitro benzene ring substituents is 1. The Morgan fingerprint density at radius 1 is 1.21 bits per heavy atom. The Kier molecular flexibility index (Phi) is 10.4. The maximum absolute atomic E-state index is 10.6. The van der Waals surface area contributed by atoms with Crippen molar-refractivity contribution in [1.29, 1.82) is 0 Å². The van der Waals surface area contributed by atoms with E-state index in [0.717, 1.165) is 31.2 Å². The van der Waals surface area contributed by atoms with Crippen molar-refractivity contribution in [1.82, 2.24) is 10.6 Å². The van der Waals surface area contributed by atoms with Gasteiger partial charge >= 0.3 is 0 Å². The first-order valence-electron chi connectivity index (χ1n) is 8.16. The van der Waals surface area contributed by atoms with E-state index < -0.39 is 4.92 Å². The Hall–Kier alpha value is -1.96. The molecule has 0 amide bonds. The fourth-order valence-electron chi connectivity index (χ4n) is 1.98. The van der Waals surface area contributed by atoms with E-state index in [4.69, 9.17) is 0 Å². The molecular weight excluding hydrogens is 326 g/mol. The van der Waals surface area contributed by atoms with Gasteiger partial charge in [0.2, 0.25) is 0 Å². The highest BCUT2D eigenvalue weighted by Gasteiger charge is 2.03. The van der Waals surface area contributed by atoms with Gasteiger partial charge in [0, 0.05) is 44.0 Å². The molecule has 0 spiro atoms. The fourth-order valence-corrected chi connectivity index (χ4v) is 2.47. The highest BCUT2D eigenvalue weighted by molar-refractivity contribution is 7.98. The van der Waals surface area contributed by atoms with E-state index in [1.807, 2.05) is 18.7 Å². The number of nitro groups is 1. The van der Waals surface area contributed by atoms with Gasteiger partial charge < -0.3 is 16.0 Å². The average molecular weight is 353 g/mol. The summed E-state index contributed by atoms with van der Waals surface area (Å²) >= 11 is 1.86. The number of nitro benzene ring substituents is 1. The van der Waals surface area contributed by atoms with E-state index in [1.54, 1.807) is 12.1 Å². The van der Waals surface area contributed by atoms with E-state index in [0.29, 0.717) is 13.1 Å². The average Bonchev–Trinajstić information content (AvgIpc) is 2.58. The molecule has 0 fully saturated rings. The van der Waals surface area contributed by atoms with Gasteiger partial charge in [0.1, 0.15) is 0 Å². The van der Waals surface area contributed by atoms with Crippen LogP contribution < -0.4 is 16.0 Å². The number of benzene rings is 1. The number of nitrogens with one attached hydrogen (secondary N) is 3. The maximum atomic E-state index is 10.6. The summed E-state index contributed by atoms with van der Waals surface area (Å²) < 4.78 is 0. The summed E-state index contributed by atoms with van der Waals surface area (Å²) in [5.41, 5.74) is 0.961. The highest BCUT2D eigenvalue weighted by atomic mass is 32.2. The second kappa shape index (κ2) is 12.5. The Morgan fingerprint density at radius 2 is 1.96 bits per heavy atom. The minimum Gasteiger partial charge on any atom is -0.383 e. The first-order valence-corrected chi connectivity index (χ1v) is 9.56. The molecule has 24 heavy (non-hydrogen) atoms. The molecule has 0 saturated heterocycles. The Balaban J connectivity index is 2.28. The summed E-state index contributed by atoms with van der Waals surface area (Å²) in [5.74, 6) is 2.01. The van der Waals surface area contributed by atoms with Crippen LogP contribution in [-0.2, 0) is 0 Å². The minimum absolute atomic E-state index is 0.0988. The van der Waals surface area contributed by atoms with E-state index in [2.05, 4.69) is 27.2 Å². The zero-order valence-corrected chi connectivity index (χ0v) is 15.2. The normalized spacial score (nSPS) is 11.2. The van der Waals surface area contributed by atoms with Crippen LogP contribution in [0.5, 0.6) is 0 Å². The molecule has 1 rings (SSSR count). The number of unbranched alkanes of at least 4 members (excludes halogenated alkanes) is 1. The van der Waals surface area contributed by atoms with Crippen LogP contribution >= 0.6 is 11.8 Å². The standard InChI is InChI=1S/C16H27N5O2S/c1-3-17-16(19-10-4-5-13-24-2)20-12-11-18-14-6-8-15(9-7-14)21(22)23/h6-9,18H,3-5,10-13H2,1-2H3,(H2,17,19,20). The lowest BCUT2D eigenvalue weighted by Crippen LogP contribution is -2.39. The number of nitrogens with zero attached hydrogens (tertiary/aromatic N) is 2. The van der Waals surface area contributed by atoms with Crippen molar-refractivity contribution < 1.29 is 4.92 Å². The molecule has 0 saturated carbocycles. The molecule has 0 aromatic heterocycles. The zero-order chi connectivity index (χ0) is 17.6. The molecule has 0 heterocycles. The lowest BCUT2D eigenvalue weighted by molar-refractivity contribution is -0.384. The van der Waals surface area contributed by atoms with Gasteiger partial charge in [-0.15, -0.1) is 0 Å². The van der Waals surface area contributed by atoms with Crippen LogP contribution in [0.1, 0.15) is 19.8 Å². The van der Waals surface area contributed by atoms with Crippen LogP contribution in [0.15, 0.2) is 29.3 Å². The van der Waals surface area contributed by atoms with Crippen molar-refractivity contribution in [3.63, 3.8) is 0 Å². The molecule has 134 valence electrons. The van der Waals surface area contributed by atoms with Gasteiger partial charge in [0.15, 0.2) is 5.96 Å². The van der Waals surface area contributed by atoms with E-state index in [-0.39, 0.29) is 5.69 Å². The Morgan fingerprint density at radius 3 is 2.58 bits per heavy atom. The second-order valence-electron chi connectivity index (χ2n) is 5.12. The highest BCUT2D eigenvalue weighted by Crippen LogP contribution is 2.14. The Labute approximate surface area is 147 Å². The molecule has 1 aromatic carbocycles. The van der Waals surface area contributed by atoms with Gasteiger partial charge in [0.25, 0.3) is 5.69 Å². The SMILES string of the molecule is CCNC(=NCCCCSC)NCCNc1ccc([N+](=O)[O-])cc1. The minimum atomic E-state index is -0.399. The van der Waals surface area contributed by atoms with Crippen LogP contribution in [0, 0.1) is 10.1 Å². The topological polar surface area (TPSA) is 91.6 Å². The molecule has 3 N–H and O–H groups in total. The number of hydrogen-bond donors (Lipinski definition) is 3. The van der Waals surface area contributed by atoms with Gasteiger partial charge in [-0.2, -0.15) is 11.8 Å².